The number of hydrogen-bond donors (Lipinski definition) is 4. The second kappa shape index (κ2) is 46.9. The van der Waals surface area contributed by atoms with Crippen molar-refractivity contribution in [1.82, 2.24) is 0 Å². The van der Waals surface area contributed by atoms with Crippen LogP contribution in [0.5, 0.6) is 11.5 Å². The molecule has 7 aromatic rings. The third-order valence-corrected chi connectivity index (χ3v) is 19.6. The first-order chi connectivity index (χ1) is 51.6. The molecule has 0 heterocycles. The lowest BCUT2D eigenvalue weighted by atomic mass is 9.93. The van der Waals surface area contributed by atoms with Crippen LogP contribution < -0.4 is 5.73 Å². The topological polar surface area (TPSA) is 277 Å². The molecule has 0 bridgehead atoms. The van der Waals surface area contributed by atoms with Gasteiger partial charge in [-0.3, -0.25) is 38.4 Å². The number of nitrogens with two attached hydrogens (primary N) is 1. The van der Waals surface area contributed by atoms with E-state index in [2.05, 4.69) is 18.7 Å². The maximum Gasteiger partial charge on any atom is 0.309 e. The average molecular weight is 1510 g/mol. The van der Waals surface area contributed by atoms with Crippen LogP contribution >= 0.6 is 12.6 Å². The zero-order valence-corrected chi connectivity index (χ0v) is 66.5. The predicted octanol–water partition coefficient (Wildman–Crippen LogP) is 18.3. The van der Waals surface area contributed by atoms with Crippen molar-refractivity contribution in [3.8, 4) is 11.5 Å². The maximum absolute atomic E-state index is 12.6. The van der Waals surface area contributed by atoms with Crippen LogP contribution in [-0.2, 0) is 102 Å². The number of aromatic hydroxyl groups is 2. The summed E-state index contributed by atoms with van der Waals surface area (Å²) in [6.07, 6.45) is 10.4. The SMILES string of the molecule is CCC(CC(C)C(=O)OCc1ccc(S)cc1)C(=O)OC1CCCCC1.CCOC(=O)C(CC)CC(C)C(=O)OC(C)Cc1ccc2cc(O)ccc2c1.CCOC(=O)C(CC)CC(C)C(=O)OC(C)Cc1cccc2cc3c(O)cccc3cc12.CCOC(=O)C(CC)CC(C)C(=O)OCc1ccc(N)cc1. The van der Waals surface area contributed by atoms with E-state index in [0.717, 1.165) is 85.1 Å². The first kappa shape index (κ1) is 89.5. The Morgan fingerprint density at radius 2 is 0.824 bits per heavy atom. The number of rotatable bonds is 34. The number of thiol groups is 1. The van der Waals surface area contributed by atoms with Gasteiger partial charge in [0, 0.05) is 28.8 Å². The van der Waals surface area contributed by atoms with E-state index in [-0.39, 0.29) is 138 Å². The molecule has 7 aromatic carbocycles. The predicted molar refractivity (Wildman–Crippen MR) is 425 cm³/mol. The van der Waals surface area contributed by atoms with Gasteiger partial charge in [0.2, 0.25) is 0 Å². The van der Waals surface area contributed by atoms with Crippen molar-refractivity contribution < 1.29 is 86.5 Å². The summed E-state index contributed by atoms with van der Waals surface area (Å²) in [4.78, 5) is 98.4. The minimum Gasteiger partial charge on any atom is -0.508 e. The van der Waals surface area contributed by atoms with Gasteiger partial charge in [-0.1, -0.05) is 141 Å². The van der Waals surface area contributed by atoms with Crippen LogP contribution in [0, 0.1) is 47.3 Å². The number of esters is 8. The van der Waals surface area contributed by atoms with E-state index >= 15 is 0 Å². The second-order valence-corrected chi connectivity index (χ2v) is 28.8. The maximum atomic E-state index is 12.6. The van der Waals surface area contributed by atoms with Gasteiger partial charge in [0.15, 0.2) is 0 Å². The van der Waals surface area contributed by atoms with Gasteiger partial charge in [-0.15, -0.1) is 12.6 Å². The van der Waals surface area contributed by atoms with Gasteiger partial charge >= 0.3 is 47.8 Å². The number of carbonyl (C=O) groups is 8. The van der Waals surface area contributed by atoms with Crippen LogP contribution in [0.2, 0.25) is 0 Å². The molecule has 4 N–H and O–H groups in total. The van der Waals surface area contributed by atoms with Crippen LogP contribution in [-0.4, -0.2) is 96.1 Å². The third-order valence-electron chi connectivity index (χ3n) is 19.3. The Balaban J connectivity index is 0.000000260. The minimum atomic E-state index is -0.383. The van der Waals surface area contributed by atoms with E-state index in [1.165, 1.54) is 6.42 Å². The Bertz CT molecular complexity index is 3980. The molecule has 0 aliphatic heterocycles. The van der Waals surface area contributed by atoms with Gasteiger partial charge in [-0.25, -0.2) is 0 Å². The zero-order chi connectivity index (χ0) is 79.4. The van der Waals surface area contributed by atoms with Crippen molar-refractivity contribution in [2.45, 2.75) is 223 Å². The van der Waals surface area contributed by atoms with Crippen molar-refractivity contribution in [3.63, 3.8) is 0 Å². The number of ether oxygens (including phenoxy) is 8. The number of benzene rings is 7. The number of fused-ring (bicyclic) bond motifs is 3. The van der Waals surface area contributed by atoms with E-state index < -0.39 is 0 Å². The summed E-state index contributed by atoms with van der Waals surface area (Å²) in [6.45, 7) is 25.5. The summed E-state index contributed by atoms with van der Waals surface area (Å²) in [6, 6.07) is 41.5. The van der Waals surface area contributed by atoms with Crippen LogP contribution in [0.15, 0.2) is 138 Å². The number of nitrogen functional groups attached to an aromatic ring is 1. The number of carbonyl (C=O) groups excluding carboxylic acids is 8. The van der Waals surface area contributed by atoms with Crippen LogP contribution in [0.4, 0.5) is 5.69 Å². The largest absolute Gasteiger partial charge is 0.508 e. The molecule has 1 aliphatic carbocycles. The Labute approximate surface area is 644 Å². The Morgan fingerprint density at radius 3 is 1.31 bits per heavy atom. The van der Waals surface area contributed by atoms with Gasteiger partial charge < -0.3 is 53.8 Å². The highest BCUT2D eigenvalue weighted by molar-refractivity contribution is 7.80. The molecule has 19 nitrogen and oxygen atoms in total. The Kier molecular flexibility index (Phi) is 38.9. The number of hydrogen-bond acceptors (Lipinski definition) is 20. The molecule has 1 fully saturated rings. The molecule has 0 saturated heterocycles. The minimum absolute atomic E-state index is 0.0577. The summed E-state index contributed by atoms with van der Waals surface area (Å²) in [5, 5.41) is 25.6. The Hall–Kier alpha value is -9.17. The van der Waals surface area contributed by atoms with Gasteiger partial charge in [0.1, 0.15) is 43.0 Å². The molecular formula is C88H117NO18S. The molecule has 1 saturated carbocycles. The summed E-state index contributed by atoms with van der Waals surface area (Å²) < 4.78 is 42.9. The molecule has 0 spiro atoms. The summed E-state index contributed by atoms with van der Waals surface area (Å²) >= 11 is 4.24. The molecule has 10 atom stereocenters. The van der Waals surface area contributed by atoms with Gasteiger partial charge in [0.25, 0.3) is 0 Å². The molecule has 588 valence electrons. The van der Waals surface area contributed by atoms with E-state index in [1.54, 1.807) is 71.9 Å². The summed E-state index contributed by atoms with van der Waals surface area (Å²) in [7, 11) is 0. The molecule has 108 heavy (non-hydrogen) atoms. The second-order valence-electron chi connectivity index (χ2n) is 28.3. The monoisotopic (exact) mass is 1510 g/mol. The molecule has 10 unspecified atom stereocenters. The summed E-state index contributed by atoms with van der Waals surface area (Å²) in [5.74, 6) is -4.09. The van der Waals surface area contributed by atoms with Crippen molar-refractivity contribution in [1.29, 1.82) is 0 Å². The van der Waals surface area contributed by atoms with E-state index in [4.69, 9.17) is 43.6 Å². The average Bonchev–Trinajstić information content (AvgIpc) is 0.781. The third kappa shape index (κ3) is 30.1. The molecule has 20 heteroatoms. The molecule has 8 rings (SSSR count). The zero-order valence-electron chi connectivity index (χ0n) is 65.6. The fourth-order valence-electron chi connectivity index (χ4n) is 12.9. The van der Waals surface area contributed by atoms with Crippen molar-refractivity contribution in [3.05, 3.63) is 156 Å². The first-order valence-electron chi connectivity index (χ1n) is 38.6. The lowest BCUT2D eigenvalue weighted by Crippen LogP contribution is -2.28. The highest BCUT2D eigenvalue weighted by Crippen LogP contribution is 2.33. The van der Waals surface area contributed by atoms with E-state index in [1.807, 2.05) is 146 Å². The van der Waals surface area contributed by atoms with Crippen molar-refractivity contribution in [2.24, 2.45) is 47.3 Å². The number of phenolic OH excluding ortho intramolecular Hbond substituents is 2. The van der Waals surface area contributed by atoms with Crippen LogP contribution in [0.25, 0.3) is 32.3 Å². The summed E-state index contributed by atoms with van der Waals surface area (Å²) in [5.41, 5.74) is 10.2. The van der Waals surface area contributed by atoms with E-state index in [9.17, 15) is 48.6 Å². The number of phenols is 2. The standard InChI is InChI=1S/C27H32O5.C23H30O5.C21H30O4S.C17H25NO4/c1-5-19(27(30)31-6-2)13-17(3)26(29)32-18(4)14-20-9-7-10-21-16-24-22(15-23(20)21)11-8-12-25(24)28;1-5-18(23(26)27-6-2)11-15(3)22(25)28-16(4)12-17-7-8-20-14-21(24)10-9-19(20)13-17;1-3-17(21(23)25-18-7-5-4-6-8-18)13-15(2)20(22)24-14-16-9-11-19(26)12-10-16;1-4-14(17(20)21-5-2)10-12(3)16(19)22-11-13-6-8-15(18)9-7-13/h7-12,15-19,28H,5-6,13-14H2,1-4H3;7-10,13-16,18,24H,5-6,11-12H2,1-4H3;9-12,15,17-18,26H,3-8,13-14H2,1-2H3;6-9,12,14H,4-5,10-11,18H2,1-3H3. The van der Waals surface area contributed by atoms with Crippen LogP contribution in [0.1, 0.15) is 196 Å². The van der Waals surface area contributed by atoms with Crippen LogP contribution in [0.3, 0.4) is 0 Å². The highest BCUT2D eigenvalue weighted by atomic mass is 32.1. The lowest BCUT2D eigenvalue weighted by Gasteiger charge is -2.25. The molecule has 1 aliphatic rings. The van der Waals surface area contributed by atoms with Gasteiger partial charge in [-0.2, -0.15) is 0 Å². The molecule has 0 radical (unpaired) electrons. The first-order valence-corrected chi connectivity index (χ1v) is 39.0. The fraction of sp³-hybridized carbons (Fsp3) is 0.500. The van der Waals surface area contributed by atoms with E-state index in [0.29, 0.717) is 89.7 Å². The van der Waals surface area contributed by atoms with Crippen molar-refractivity contribution in [2.75, 3.05) is 25.6 Å². The smallest absolute Gasteiger partial charge is 0.309 e. The Morgan fingerprint density at radius 1 is 0.417 bits per heavy atom. The van der Waals surface area contributed by atoms with Crippen molar-refractivity contribution >= 4 is 98.4 Å². The van der Waals surface area contributed by atoms with Gasteiger partial charge in [0.05, 0.1) is 67.2 Å². The number of anilines is 1. The molecular weight excluding hydrogens is 1390 g/mol. The molecule has 0 aromatic heterocycles. The highest BCUT2D eigenvalue weighted by Gasteiger charge is 2.31. The quantitative estimate of drug-likeness (QED) is 0.00959. The lowest BCUT2D eigenvalue weighted by molar-refractivity contribution is -0.159. The normalized spacial score (nSPS) is 14.8. The fourth-order valence-corrected chi connectivity index (χ4v) is 13.0. The molecule has 0 amide bonds. The van der Waals surface area contributed by atoms with Gasteiger partial charge in [-0.05, 0) is 215 Å².